The molecular formula is C15H15N3O3. The summed E-state index contributed by atoms with van der Waals surface area (Å²) < 4.78 is 1.32. The summed E-state index contributed by atoms with van der Waals surface area (Å²) in [6, 6.07) is 6.76. The van der Waals surface area contributed by atoms with Crippen LogP contribution in [0.3, 0.4) is 0 Å². The number of rotatable bonds is 4. The predicted molar refractivity (Wildman–Crippen MR) is 77.6 cm³/mol. The van der Waals surface area contributed by atoms with Crippen LogP contribution < -0.4 is 10.9 Å². The van der Waals surface area contributed by atoms with Crippen molar-refractivity contribution in [1.29, 1.82) is 0 Å². The van der Waals surface area contributed by atoms with Crippen LogP contribution in [0.2, 0.25) is 0 Å². The molecule has 1 N–H and O–H groups in total. The standard InChI is InChI=1S/C15H15N3O3/c1-10-4-3-5-12(17-10)8-18-7-11(9-19)6-13(15(18)21)14(20)16-2/h3-7,9H,8H2,1-2H3,(H,16,20). The van der Waals surface area contributed by atoms with E-state index in [-0.39, 0.29) is 17.7 Å². The van der Waals surface area contributed by atoms with Crippen LogP contribution in [0.5, 0.6) is 0 Å². The number of amides is 1. The Morgan fingerprint density at radius 3 is 2.81 bits per heavy atom. The van der Waals surface area contributed by atoms with Crippen LogP contribution in [0.25, 0.3) is 0 Å². The average Bonchev–Trinajstić information content (AvgIpc) is 2.48. The molecule has 1 amide bonds. The lowest BCUT2D eigenvalue weighted by Gasteiger charge is -2.09. The van der Waals surface area contributed by atoms with E-state index in [0.717, 1.165) is 5.69 Å². The third-order valence-corrected chi connectivity index (χ3v) is 2.99. The van der Waals surface area contributed by atoms with Crippen molar-refractivity contribution in [3.05, 3.63) is 63.3 Å². The fourth-order valence-electron chi connectivity index (χ4n) is 2.00. The second kappa shape index (κ2) is 6.13. The molecule has 0 bridgehead atoms. The van der Waals surface area contributed by atoms with Crippen molar-refractivity contribution in [1.82, 2.24) is 14.9 Å². The van der Waals surface area contributed by atoms with Gasteiger partial charge in [0, 0.05) is 24.5 Å². The van der Waals surface area contributed by atoms with Crippen LogP contribution in [0.4, 0.5) is 0 Å². The Hall–Kier alpha value is -2.76. The Labute approximate surface area is 121 Å². The highest BCUT2D eigenvalue weighted by Crippen LogP contribution is 2.03. The molecule has 6 heteroatoms. The fraction of sp³-hybridized carbons (Fsp3) is 0.200. The maximum absolute atomic E-state index is 12.3. The van der Waals surface area contributed by atoms with E-state index in [2.05, 4.69) is 10.3 Å². The summed E-state index contributed by atoms with van der Waals surface area (Å²) in [6.45, 7) is 2.05. The van der Waals surface area contributed by atoms with E-state index in [1.54, 1.807) is 6.07 Å². The number of nitrogens with zero attached hydrogens (tertiary/aromatic N) is 2. The number of carbonyl (C=O) groups excluding carboxylic acids is 2. The van der Waals surface area contributed by atoms with E-state index in [9.17, 15) is 14.4 Å². The Bertz CT molecular complexity index is 750. The van der Waals surface area contributed by atoms with E-state index in [1.165, 1.54) is 23.9 Å². The molecule has 0 aliphatic heterocycles. The molecule has 21 heavy (non-hydrogen) atoms. The summed E-state index contributed by atoms with van der Waals surface area (Å²) in [5.74, 6) is -0.519. The number of aryl methyl sites for hydroxylation is 1. The fourth-order valence-corrected chi connectivity index (χ4v) is 2.00. The maximum Gasteiger partial charge on any atom is 0.263 e. The molecule has 0 unspecified atom stereocenters. The lowest BCUT2D eigenvalue weighted by Crippen LogP contribution is -2.32. The van der Waals surface area contributed by atoms with E-state index in [1.807, 2.05) is 19.1 Å². The van der Waals surface area contributed by atoms with Gasteiger partial charge in [-0.3, -0.25) is 19.4 Å². The van der Waals surface area contributed by atoms with E-state index in [0.29, 0.717) is 12.0 Å². The second-order valence-corrected chi connectivity index (χ2v) is 4.59. The molecular weight excluding hydrogens is 270 g/mol. The molecule has 0 aliphatic rings. The molecule has 0 saturated heterocycles. The number of pyridine rings is 2. The van der Waals surface area contributed by atoms with Gasteiger partial charge < -0.3 is 9.88 Å². The van der Waals surface area contributed by atoms with Crippen LogP contribution >= 0.6 is 0 Å². The van der Waals surface area contributed by atoms with Gasteiger partial charge in [-0.15, -0.1) is 0 Å². The molecule has 0 atom stereocenters. The van der Waals surface area contributed by atoms with Crippen LogP contribution in [0, 0.1) is 6.92 Å². The Morgan fingerprint density at radius 1 is 1.43 bits per heavy atom. The summed E-state index contributed by atoms with van der Waals surface area (Å²) in [7, 11) is 1.43. The summed E-state index contributed by atoms with van der Waals surface area (Å²) in [4.78, 5) is 39.3. The molecule has 2 rings (SSSR count). The zero-order valence-electron chi connectivity index (χ0n) is 11.8. The van der Waals surface area contributed by atoms with Gasteiger partial charge in [-0.1, -0.05) is 6.07 Å². The first kappa shape index (κ1) is 14.6. The lowest BCUT2D eigenvalue weighted by molar-refractivity contribution is 0.0961. The van der Waals surface area contributed by atoms with Crippen LogP contribution in [0.15, 0.2) is 35.3 Å². The van der Waals surface area contributed by atoms with Crippen molar-refractivity contribution >= 4 is 12.2 Å². The smallest absolute Gasteiger partial charge is 0.263 e. The van der Waals surface area contributed by atoms with Crippen molar-refractivity contribution in [3.63, 3.8) is 0 Å². The zero-order chi connectivity index (χ0) is 15.4. The highest BCUT2D eigenvalue weighted by molar-refractivity contribution is 5.95. The molecule has 0 aliphatic carbocycles. The first-order valence-corrected chi connectivity index (χ1v) is 6.39. The summed E-state index contributed by atoms with van der Waals surface area (Å²) in [5, 5.41) is 2.39. The van der Waals surface area contributed by atoms with E-state index < -0.39 is 11.5 Å². The van der Waals surface area contributed by atoms with Gasteiger partial charge in [-0.05, 0) is 25.1 Å². The van der Waals surface area contributed by atoms with Crippen molar-refractivity contribution < 1.29 is 9.59 Å². The van der Waals surface area contributed by atoms with Crippen LogP contribution in [0.1, 0.15) is 32.1 Å². The molecule has 0 spiro atoms. The number of nitrogens with one attached hydrogen (secondary N) is 1. The minimum absolute atomic E-state index is 0.0604. The monoisotopic (exact) mass is 285 g/mol. The van der Waals surface area contributed by atoms with Gasteiger partial charge in [-0.25, -0.2) is 0 Å². The van der Waals surface area contributed by atoms with Crippen LogP contribution in [-0.4, -0.2) is 28.8 Å². The molecule has 0 fully saturated rings. The predicted octanol–water partition coefficient (Wildman–Crippen LogP) is 0.772. The molecule has 0 aromatic carbocycles. The summed E-state index contributed by atoms with van der Waals surface area (Å²) in [5.41, 5.74) is 1.26. The van der Waals surface area contributed by atoms with Gasteiger partial charge in [0.1, 0.15) is 5.56 Å². The minimum Gasteiger partial charge on any atom is -0.355 e. The van der Waals surface area contributed by atoms with Crippen molar-refractivity contribution in [2.45, 2.75) is 13.5 Å². The summed E-state index contributed by atoms with van der Waals surface area (Å²) in [6.07, 6.45) is 2.03. The Balaban J connectivity index is 2.50. The minimum atomic E-state index is -0.519. The van der Waals surface area contributed by atoms with Crippen molar-refractivity contribution in [3.8, 4) is 0 Å². The van der Waals surface area contributed by atoms with Crippen molar-refractivity contribution in [2.24, 2.45) is 0 Å². The number of hydrogen-bond donors (Lipinski definition) is 1. The zero-order valence-corrected chi connectivity index (χ0v) is 11.8. The third-order valence-electron chi connectivity index (χ3n) is 2.99. The highest BCUT2D eigenvalue weighted by atomic mass is 16.2. The highest BCUT2D eigenvalue weighted by Gasteiger charge is 2.13. The van der Waals surface area contributed by atoms with Crippen LogP contribution in [-0.2, 0) is 6.54 Å². The number of aldehydes is 1. The topological polar surface area (TPSA) is 81.1 Å². The molecule has 2 aromatic heterocycles. The van der Waals surface area contributed by atoms with Gasteiger partial charge in [0.25, 0.3) is 11.5 Å². The quantitative estimate of drug-likeness (QED) is 0.841. The SMILES string of the molecule is CNC(=O)c1cc(C=O)cn(Cc2cccc(C)n2)c1=O. The van der Waals surface area contributed by atoms with Gasteiger partial charge in [0.2, 0.25) is 0 Å². The first-order valence-electron chi connectivity index (χ1n) is 6.39. The Kier molecular flexibility index (Phi) is 4.27. The van der Waals surface area contributed by atoms with Gasteiger partial charge >= 0.3 is 0 Å². The first-order chi connectivity index (χ1) is 10.0. The molecule has 2 aromatic rings. The normalized spacial score (nSPS) is 10.2. The molecule has 0 radical (unpaired) electrons. The Morgan fingerprint density at radius 2 is 2.19 bits per heavy atom. The average molecular weight is 285 g/mol. The molecule has 6 nitrogen and oxygen atoms in total. The number of hydrogen-bond acceptors (Lipinski definition) is 4. The van der Waals surface area contributed by atoms with E-state index in [4.69, 9.17) is 0 Å². The maximum atomic E-state index is 12.3. The van der Waals surface area contributed by atoms with Gasteiger partial charge in [0.15, 0.2) is 6.29 Å². The molecule has 108 valence electrons. The number of carbonyl (C=O) groups is 2. The molecule has 2 heterocycles. The summed E-state index contributed by atoms with van der Waals surface area (Å²) >= 11 is 0. The number of aromatic nitrogens is 2. The third kappa shape index (κ3) is 3.22. The second-order valence-electron chi connectivity index (χ2n) is 4.59. The van der Waals surface area contributed by atoms with Gasteiger partial charge in [0.05, 0.1) is 12.2 Å². The van der Waals surface area contributed by atoms with E-state index >= 15 is 0 Å². The largest absolute Gasteiger partial charge is 0.355 e. The lowest BCUT2D eigenvalue weighted by atomic mass is 10.2. The molecule has 0 saturated carbocycles. The van der Waals surface area contributed by atoms with Gasteiger partial charge in [-0.2, -0.15) is 0 Å². The van der Waals surface area contributed by atoms with Crippen molar-refractivity contribution in [2.75, 3.05) is 7.05 Å².